The normalized spacial score (nSPS) is 13.5. The van der Waals surface area contributed by atoms with Crippen LogP contribution in [-0.2, 0) is 25.7 Å². The minimum Gasteiger partial charge on any atom is -0.479 e. The molecule has 0 aliphatic rings. The summed E-state index contributed by atoms with van der Waals surface area (Å²) in [5.41, 5.74) is 0. The molecule has 0 heterocycles. The monoisotopic (exact) mass is 246 g/mol. The number of ether oxygens (including phenoxy) is 1. The third-order valence-corrected chi connectivity index (χ3v) is 0.995. The van der Waals surface area contributed by atoms with Gasteiger partial charge in [-0.25, -0.2) is 9.59 Å². The van der Waals surface area contributed by atoms with E-state index in [-0.39, 0.29) is 0 Å². The Hall–Kier alpha value is -1.07. The number of aliphatic hydroxyl groups is 2. The van der Waals surface area contributed by atoms with Gasteiger partial charge in [-0.2, -0.15) is 4.21 Å². The van der Waals surface area contributed by atoms with Crippen molar-refractivity contribution in [2.75, 3.05) is 7.11 Å². The summed E-state index contributed by atoms with van der Waals surface area (Å²) in [4.78, 5) is 20.3. The molecule has 10 heteroatoms. The van der Waals surface area contributed by atoms with Gasteiger partial charge in [0, 0.05) is 0 Å². The molecule has 0 spiro atoms. The van der Waals surface area contributed by atoms with E-state index in [1.807, 2.05) is 0 Å². The van der Waals surface area contributed by atoms with Crippen LogP contribution in [0.3, 0.4) is 0 Å². The van der Waals surface area contributed by atoms with Crippen LogP contribution in [0.5, 0.6) is 0 Å². The van der Waals surface area contributed by atoms with Crippen molar-refractivity contribution in [2.24, 2.45) is 0 Å². The van der Waals surface area contributed by atoms with Crippen LogP contribution < -0.4 is 0 Å². The Morgan fingerprint density at radius 3 is 1.73 bits per heavy atom. The number of carboxylic acids is 1. The van der Waals surface area contributed by atoms with Crippen molar-refractivity contribution < 1.29 is 43.0 Å². The summed E-state index contributed by atoms with van der Waals surface area (Å²) in [6, 6.07) is 0. The molecule has 0 aromatic carbocycles. The Labute approximate surface area is 86.4 Å². The maximum atomic E-state index is 10.4. The molecule has 0 aliphatic carbocycles. The Balaban J connectivity index is 0. The number of hydrogen-bond donors (Lipinski definition) is 5. The number of methoxy groups -OCH3 is 1. The largest absolute Gasteiger partial charge is 0.479 e. The highest BCUT2D eigenvalue weighted by Gasteiger charge is 2.30. The topological polar surface area (TPSA) is 162 Å². The van der Waals surface area contributed by atoms with E-state index in [1.165, 1.54) is 0 Å². The van der Waals surface area contributed by atoms with Crippen molar-refractivity contribution in [1.82, 2.24) is 0 Å². The molecule has 2 atom stereocenters. The van der Waals surface area contributed by atoms with Crippen LogP contribution in [0.15, 0.2) is 0 Å². The molecule has 9 nitrogen and oxygen atoms in total. The minimum atomic E-state index is -2.61. The van der Waals surface area contributed by atoms with E-state index in [1.54, 1.807) is 0 Å². The summed E-state index contributed by atoms with van der Waals surface area (Å²) >= 11 is -2.61. The number of carboxylic acid groups (broad SMARTS) is 1. The van der Waals surface area contributed by atoms with Gasteiger partial charge in [0.15, 0.2) is 12.2 Å². The van der Waals surface area contributed by atoms with Gasteiger partial charge in [0.2, 0.25) is 0 Å². The van der Waals surface area contributed by atoms with Gasteiger partial charge in [-0.3, -0.25) is 9.11 Å². The number of rotatable bonds is 3. The quantitative estimate of drug-likeness (QED) is 0.271. The van der Waals surface area contributed by atoms with Crippen LogP contribution in [0.1, 0.15) is 0 Å². The fourth-order valence-corrected chi connectivity index (χ4v) is 0.385. The molecule has 15 heavy (non-hydrogen) atoms. The highest BCUT2D eigenvalue weighted by Crippen LogP contribution is 1.95. The molecule has 0 bridgehead atoms. The van der Waals surface area contributed by atoms with Crippen LogP contribution in [0, 0.1) is 0 Å². The molecular weight excluding hydrogens is 236 g/mol. The lowest BCUT2D eigenvalue weighted by Crippen LogP contribution is -2.40. The second kappa shape index (κ2) is 8.26. The first kappa shape index (κ1) is 16.4. The lowest BCUT2D eigenvalue weighted by atomic mass is 10.2. The maximum Gasteiger partial charge on any atom is 0.338 e. The van der Waals surface area contributed by atoms with E-state index in [0.717, 1.165) is 7.11 Å². The minimum absolute atomic E-state index is 0.972. The van der Waals surface area contributed by atoms with Crippen LogP contribution in [0.2, 0.25) is 0 Å². The van der Waals surface area contributed by atoms with Crippen LogP contribution >= 0.6 is 0 Å². The SMILES string of the molecule is COC(=O)C(O)C(O)C(=O)O.O=S(O)O. The second-order valence-electron chi connectivity index (χ2n) is 1.98. The molecule has 5 N–H and O–H groups in total. The molecule has 0 fully saturated rings. The smallest absolute Gasteiger partial charge is 0.338 e. The molecule has 0 aromatic heterocycles. The molecule has 0 amide bonds. The fraction of sp³-hybridized carbons (Fsp3) is 0.600. The molecule has 0 saturated carbocycles. The highest BCUT2D eigenvalue weighted by molar-refractivity contribution is 7.73. The van der Waals surface area contributed by atoms with Gasteiger partial charge in [-0.15, -0.1) is 0 Å². The second-order valence-corrected chi connectivity index (χ2v) is 2.44. The number of esters is 1. The van der Waals surface area contributed by atoms with Crippen molar-refractivity contribution in [1.29, 1.82) is 0 Å². The molecule has 0 saturated heterocycles. The van der Waals surface area contributed by atoms with Crippen molar-refractivity contribution >= 4 is 23.3 Å². The predicted octanol–water partition coefficient (Wildman–Crippen LogP) is -2.35. The van der Waals surface area contributed by atoms with Crippen molar-refractivity contribution in [3.8, 4) is 0 Å². The number of carbonyl (C=O) groups is 2. The van der Waals surface area contributed by atoms with Crippen molar-refractivity contribution in [2.45, 2.75) is 12.2 Å². The predicted molar refractivity (Wildman–Crippen MR) is 45.1 cm³/mol. The van der Waals surface area contributed by atoms with Crippen LogP contribution in [0.4, 0.5) is 0 Å². The first-order valence-electron chi connectivity index (χ1n) is 3.20. The van der Waals surface area contributed by atoms with Gasteiger partial charge >= 0.3 is 11.9 Å². The Morgan fingerprint density at radius 1 is 1.20 bits per heavy atom. The van der Waals surface area contributed by atoms with Gasteiger partial charge in [0.25, 0.3) is 11.4 Å². The first-order valence-corrected chi connectivity index (χ1v) is 4.27. The highest BCUT2D eigenvalue weighted by atomic mass is 32.2. The summed E-state index contributed by atoms with van der Waals surface area (Å²) in [6.45, 7) is 0. The van der Waals surface area contributed by atoms with Crippen molar-refractivity contribution in [3.05, 3.63) is 0 Å². The third kappa shape index (κ3) is 9.24. The summed E-state index contributed by atoms with van der Waals surface area (Å²) in [5, 5.41) is 25.3. The molecule has 0 rings (SSSR count). The van der Waals surface area contributed by atoms with E-state index in [4.69, 9.17) is 28.6 Å². The molecule has 0 radical (unpaired) electrons. The zero-order chi connectivity index (χ0) is 12.6. The third-order valence-electron chi connectivity index (χ3n) is 0.995. The molecular formula is C5H10O9S. The zero-order valence-electron chi connectivity index (χ0n) is 7.43. The molecule has 2 unspecified atom stereocenters. The molecule has 90 valence electrons. The van der Waals surface area contributed by atoms with Crippen LogP contribution in [-0.4, -0.2) is 59.9 Å². The average molecular weight is 246 g/mol. The summed E-state index contributed by atoms with van der Waals surface area (Å²) in [5.74, 6) is -2.86. The average Bonchev–Trinajstić information content (AvgIpc) is 2.13. The Kier molecular flexibility index (Phi) is 9.01. The van der Waals surface area contributed by atoms with Gasteiger partial charge in [-0.05, 0) is 0 Å². The Bertz CT molecular complexity index is 235. The van der Waals surface area contributed by atoms with E-state index in [2.05, 4.69) is 4.74 Å². The summed E-state index contributed by atoms with van der Waals surface area (Å²) < 4.78 is 26.8. The standard InChI is InChI=1S/C5H8O6.H2O3S/c1-11-5(10)3(7)2(6)4(8)9;1-4(2)3/h2-3,6-7H,1H3,(H,8,9);(H2,1,2,3). The molecule has 0 aliphatic heterocycles. The van der Waals surface area contributed by atoms with Crippen LogP contribution in [0.25, 0.3) is 0 Å². The fourth-order valence-electron chi connectivity index (χ4n) is 0.385. The number of hydrogen-bond acceptors (Lipinski definition) is 6. The number of aliphatic carboxylic acids is 1. The van der Waals surface area contributed by atoms with E-state index >= 15 is 0 Å². The van der Waals surface area contributed by atoms with E-state index < -0.39 is 35.5 Å². The van der Waals surface area contributed by atoms with Gasteiger partial charge < -0.3 is 20.1 Å². The maximum absolute atomic E-state index is 10.4. The van der Waals surface area contributed by atoms with Crippen molar-refractivity contribution in [3.63, 3.8) is 0 Å². The summed E-state index contributed by atoms with van der Waals surface area (Å²) in [6.07, 6.45) is -4.17. The van der Waals surface area contributed by atoms with Gasteiger partial charge in [-0.1, -0.05) is 0 Å². The lowest BCUT2D eigenvalue weighted by molar-refractivity contribution is -0.167. The number of carbonyl (C=O) groups excluding carboxylic acids is 1. The van der Waals surface area contributed by atoms with E-state index in [9.17, 15) is 9.59 Å². The first-order chi connectivity index (χ1) is 6.73. The summed E-state index contributed by atoms with van der Waals surface area (Å²) in [7, 11) is 0.972. The Morgan fingerprint density at radius 2 is 1.53 bits per heavy atom. The zero-order valence-corrected chi connectivity index (χ0v) is 8.25. The molecule has 0 aromatic rings. The van der Waals surface area contributed by atoms with Gasteiger partial charge in [0.1, 0.15) is 0 Å². The van der Waals surface area contributed by atoms with E-state index in [0.29, 0.717) is 0 Å². The lowest BCUT2D eigenvalue weighted by Gasteiger charge is -2.10. The van der Waals surface area contributed by atoms with Gasteiger partial charge in [0.05, 0.1) is 7.11 Å². The number of aliphatic hydroxyl groups excluding tert-OH is 2.